The first-order valence-electron chi connectivity index (χ1n) is 9.18. The first-order chi connectivity index (χ1) is 13.3. The smallest absolute Gasteiger partial charge is 0.177 e. The summed E-state index contributed by atoms with van der Waals surface area (Å²) in [6, 6.07) is 19.7. The molecule has 0 aliphatic carbocycles. The molecule has 144 valence electrons. The molecule has 2 aromatic carbocycles. The molecule has 2 aromatic rings. The zero-order chi connectivity index (χ0) is 18.7. The number of ether oxygens (including phenoxy) is 4. The van der Waals surface area contributed by atoms with Gasteiger partial charge in [-0.05, 0) is 17.2 Å². The largest absolute Gasteiger partial charge is 0.388 e. The Hall–Kier alpha value is -2.02. The third-order valence-electron chi connectivity index (χ3n) is 4.17. The highest BCUT2D eigenvalue weighted by atomic mass is 16.7. The second-order valence-corrected chi connectivity index (χ2v) is 6.32. The van der Waals surface area contributed by atoms with E-state index in [1.807, 2.05) is 60.7 Å². The van der Waals surface area contributed by atoms with Crippen molar-refractivity contribution in [2.24, 2.45) is 0 Å². The standard InChI is InChI=1S/C22H26O5/c23-20(17-24-15-18-7-3-1-4-8-18)21(11-12-22-25-13-14-26-22)27-16-19-9-5-2-6-10-19/h1-12,20-23H,13-17H2/b12-11+/t20-,21+/m1/s1. The summed E-state index contributed by atoms with van der Waals surface area (Å²) in [4.78, 5) is 0. The molecule has 0 aromatic heterocycles. The van der Waals surface area contributed by atoms with Crippen LogP contribution >= 0.6 is 0 Å². The van der Waals surface area contributed by atoms with E-state index in [2.05, 4.69) is 0 Å². The highest BCUT2D eigenvalue weighted by Crippen LogP contribution is 2.12. The van der Waals surface area contributed by atoms with Gasteiger partial charge in [-0.1, -0.05) is 66.7 Å². The quantitative estimate of drug-likeness (QED) is 0.652. The Bertz CT molecular complexity index is 668. The van der Waals surface area contributed by atoms with E-state index in [0.717, 1.165) is 11.1 Å². The van der Waals surface area contributed by atoms with Crippen LogP contribution in [0.25, 0.3) is 0 Å². The van der Waals surface area contributed by atoms with Crippen molar-refractivity contribution in [2.75, 3.05) is 19.8 Å². The second kappa shape index (κ2) is 11.0. The lowest BCUT2D eigenvalue weighted by molar-refractivity contribution is -0.0616. The molecule has 5 nitrogen and oxygen atoms in total. The molecule has 2 atom stereocenters. The zero-order valence-electron chi connectivity index (χ0n) is 15.3. The summed E-state index contributed by atoms with van der Waals surface area (Å²) in [6.07, 6.45) is 1.87. The van der Waals surface area contributed by atoms with Crippen molar-refractivity contribution in [1.29, 1.82) is 0 Å². The van der Waals surface area contributed by atoms with Crippen LogP contribution in [0.2, 0.25) is 0 Å². The molecule has 0 amide bonds. The fourth-order valence-corrected chi connectivity index (χ4v) is 2.72. The first kappa shape index (κ1) is 19.7. The van der Waals surface area contributed by atoms with Crippen LogP contribution in [0, 0.1) is 0 Å². The minimum Gasteiger partial charge on any atom is -0.388 e. The molecule has 0 bridgehead atoms. The van der Waals surface area contributed by atoms with E-state index in [9.17, 15) is 5.11 Å². The Morgan fingerprint density at radius 3 is 2.15 bits per heavy atom. The summed E-state index contributed by atoms with van der Waals surface area (Å²) in [7, 11) is 0. The fraction of sp³-hybridized carbons (Fsp3) is 0.364. The monoisotopic (exact) mass is 370 g/mol. The fourth-order valence-electron chi connectivity index (χ4n) is 2.72. The van der Waals surface area contributed by atoms with Crippen molar-refractivity contribution in [2.45, 2.75) is 31.7 Å². The molecule has 0 spiro atoms. The van der Waals surface area contributed by atoms with Gasteiger partial charge in [-0.15, -0.1) is 0 Å². The lowest BCUT2D eigenvalue weighted by Crippen LogP contribution is -2.32. The third kappa shape index (κ3) is 6.90. The zero-order valence-corrected chi connectivity index (χ0v) is 15.3. The number of benzene rings is 2. The van der Waals surface area contributed by atoms with Gasteiger partial charge in [-0.3, -0.25) is 0 Å². The lowest BCUT2D eigenvalue weighted by Gasteiger charge is -2.21. The summed E-state index contributed by atoms with van der Waals surface area (Å²) in [5.74, 6) is 0. The predicted molar refractivity (Wildman–Crippen MR) is 102 cm³/mol. The van der Waals surface area contributed by atoms with Gasteiger partial charge in [-0.25, -0.2) is 0 Å². The minimum atomic E-state index is -0.796. The van der Waals surface area contributed by atoms with Gasteiger partial charge in [0.1, 0.15) is 12.2 Å². The van der Waals surface area contributed by atoms with E-state index < -0.39 is 12.2 Å². The molecule has 0 saturated carbocycles. The summed E-state index contributed by atoms with van der Waals surface area (Å²) in [6.45, 7) is 2.17. The molecule has 1 saturated heterocycles. The van der Waals surface area contributed by atoms with E-state index in [-0.39, 0.29) is 12.9 Å². The van der Waals surface area contributed by atoms with E-state index >= 15 is 0 Å². The second-order valence-electron chi connectivity index (χ2n) is 6.32. The molecule has 3 rings (SSSR count). The van der Waals surface area contributed by atoms with E-state index in [0.29, 0.717) is 26.4 Å². The van der Waals surface area contributed by atoms with Crippen LogP contribution in [-0.4, -0.2) is 43.4 Å². The van der Waals surface area contributed by atoms with E-state index in [4.69, 9.17) is 18.9 Å². The predicted octanol–water partition coefficient (Wildman–Crippen LogP) is 3.08. The molecule has 1 aliphatic heterocycles. The van der Waals surface area contributed by atoms with Gasteiger partial charge < -0.3 is 24.1 Å². The number of aliphatic hydroxyl groups is 1. The molecule has 5 heteroatoms. The van der Waals surface area contributed by atoms with E-state index in [1.165, 1.54) is 0 Å². The molecule has 1 fully saturated rings. The Kier molecular flexibility index (Phi) is 8.02. The van der Waals surface area contributed by atoms with Gasteiger partial charge in [0, 0.05) is 0 Å². The molecule has 1 aliphatic rings. The van der Waals surface area contributed by atoms with Crippen LogP contribution in [0.1, 0.15) is 11.1 Å². The highest BCUT2D eigenvalue weighted by Gasteiger charge is 2.20. The molecule has 0 radical (unpaired) electrons. The maximum atomic E-state index is 10.6. The number of rotatable bonds is 10. The average Bonchev–Trinajstić information content (AvgIpc) is 3.23. The van der Waals surface area contributed by atoms with Crippen LogP contribution < -0.4 is 0 Å². The Labute approximate surface area is 160 Å². The van der Waals surface area contributed by atoms with Crippen LogP contribution in [0.3, 0.4) is 0 Å². The topological polar surface area (TPSA) is 57.2 Å². The van der Waals surface area contributed by atoms with Crippen molar-refractivity contribution >= 4 is 0 Å². The maximum Gasteiger partial charge on any atom is 0.177 e. The van der Waals surface area contributed by atoms with E-state index in [1.54, 1.807) is 12.2 Å². The highest BCUT2D eigenvalue weighted by molar-refractivity contribution is 5.14. The summed E-state index contributed by atoms with van der Waals surface area (Å²) in [5.41, 5.74) is 2.11. The van der Waals surface area contributed by atoms with Gasteiger partial charge in [0.15, 0.2) is 6.29 Å². The van der Waals surface area contributed by atoms with Crippen molar-refractivity contribution in [3.05, 3.63) is 83.9 Å². The third-order valence-corrected chi connectivity index (χ3v) is 4.17. The maximum absolute atomic E-state index is 10.6. The van der Waals surface area contributed by atoms with Crippen LogP contribution in [0.5, 0.6) is 0 Å². The molecular weight excluding hydrogens is 344 g/mol. The van der Waals surface area contributed by atoms with Crippen LogP contribution in [0.15, 0.2) is 72.8 Å². The Morgan fingerprint density at radius 1 is 0.926 bits per heavy atom. The molecule has 1 N–H and O–H groups in total. The summed E-state index contributed by atoms with van der Waals surface area (Å²) in [5, 5.41) is 10.6. The van der Waals surface area contributed by atoms with Gasteiger partial charge in [0.2, 0.25) is 0 Å². The average molecular weight is 370 g/mol. The van der Waals surface area contributed by atoms with Crippen molar-refractivity contribution in [1.82, 2.24) is 0 Å². The van der Waals surface area contributed by atoms with Gasteiger partial charge in [0.05, 0.1) is 33.0 Å². The van der Waals surface area contributed by atoms with Crippen LogP contribution in [-0.2, 0) is 32.2 Å². The summed E-state index contributed by atoms with van der Waals surface area (Å²) < 4.78 is 22.4. The van der Waals surface area contributed by atoms with Crippen molar-refractivity contribution < 1.29 is 24.1 Å². The Morgan fingerprint density at radius 2 is 1.52 bits per heavy atom. The van der Waals surface area contributed by atoms with Gasteiger partial charge in [0.25, 0.3) is 0 Å². The van der Waals surface area contributed by atoms with Crippen LogP contribution in [0.4, 0.5) is 0 Å². The molecular formula is C22H26O5. The molecule has 27 heavy (non-hydrogen) atoms. The lowest BCUT2D eigenvalue weighted by atomic mass is 10.2. The van der Waals surface area contributed by atoms with Gasteiger partial charge >= 0.3 is 0 Å². The number of aliphatic hydroxyl groups excluding tert-OH is 1. The first-order valence-corrected chi connectivity index (χ1v) is 9.18. The van der Waals surface area contributed by atoms with Crippen molar-refractivity contribution in [3.63, 3.8) is 0 Å². The SMILES string of the molecule is O[C@H](COCc1ccccc1)[C@H](/C=C/C1OCCO1)OCc1ccccc1. The van der Waals surface area contributed by atoms with Crippen molar-refractivity contribution in [3.8, 4) is 0 Å². The van der Waals surface area contributed by atoms with Gasteiger partial charge in [-0.2, -0.15) is 0 Å². The number of hydrogen-bond acceptors (Lipinski definition) is 5. The summed E-state index contributed by atoms with van der Waals surface area (Å²) >= 11 is 0. The minimum absolute atomic E-state index is 0.172. The number of hydrogen-bond donors (Lipinski definition) is 1. The molecule has 0 unspecified atom stereocenters. The normalized spacial score (nSPS) is 17.4. The molecule has 1 heterocycles. The Balaban J connectivity index is 1.53.